The highest BCUT2D eigenvalue weighted by atomic mass is 32.2. The second-order valence-electron chi connectivity index (χ2n) is 6.46. The van der Waals surface area contributed by atoms with E-state index in [-0.39, 0.29) is 0 Å². The van der Waals surface area contributed by atoms with Crippen molar-refractivity contribution in [2.45, 2.75) is 58.5 Å². The van der Waals surface area contributed by atoms with Gasteiger partial charge in [-0.15, -0.1) is 0 Å². The third-order valence-corrected chi connectivity index (χ3v) is 5.11. The lowest BCUT2D eigenvalue weighted by Gasteiger charge is -2.37. The molecule has 1 aliphatic rings. The summed E-state index contributed by atoms with van der Waals surface area (Å²) in [6.45, 7) is 9.32. The van der Waals surface area contributed by atoms with Gasteiger partial charge in [0.05, 0.1) is 0 Å². The molecule has 0 radical (unpaired) electrons. The van der Waals surface area contributed by atoms with Gasteiger partial charge < -0.3 is 10.2 Å². The minimum absolute atomic E-state index is 0.533. The summed E-state index contributed by atoms with van der Waals surface area (Å²) in [5.74, 6) is 1.24. The first-order valence-corrected chi connectivity index (χ1v) is 8.81. The number of nitrogens with zero attached hydrogens (tertiary/aromatic N) is 1. The summed E-state index contributed by atoms with van der Waals surface area (Å²) < 4.78 is 0. The van der Waals surface area contributed by atoms with Crippen molar-refractivity contribution in [1.82, 2.24) is 10.2 Å². The van der Waals surface area contributed by atoms with Crippen molar-refractivity contribution in [2.24, 2.45) is 5.41 Å². The minimum atomic E-state index is 0.533. The van der Waals surface area contributed by atoms with Crippen LogP contribution >= 0.6 is 11.8 Å². The average molecular weight is 273 g/mol. The molecule has 1 N–H and O–H groups in total. The summed E-state index contributed by atoms with van der Waals surface area (Å²) in [6, 6.07) is 1.30. The molecule has 2 nitrogen and oxygen atoms in total. The highest BCUT2D eigenvalue weighted by Gasteiger charge is 2.35. The van der Waals surface area contributed by atoms with Crippen molar-refractivity contribution in [3.05, 3.63) is 0 Å². The fourth-order valence-corrected chi connectivity index (χ4v) is 3.73. The van der Waals surface area contributed by atoms with Gasteiger partial charge in [0.1, 0.15) is 0 Å². The summed E-state index contributed by atoms with van der Waals surface area (Å²) in [7, 11) is 2.30. The standard InChI is InChI=1S/C15H32N2S/c1-13(2)16-11-15(8-6-7-9-15)12-17(4)14(3)10-18-5/h13-14,16H,6-12H2,1-5H3. The molecule has 0 aromatic heterocycles. The van der Waals surface area contributed by atoms with Crippen LogP contribution in [0.15, 0.2) is 0 Å². The minimum Gasteiger partial charge on any atom is -0.314 e. The van der Waals surface area contributed by atoms with Crippen LogP contribution in [0.4, 0.5) is 0 Å². The molecule has 108 valence electrons. The van der Waals surface area contributed by atoms with E-state index in [1.807, 2.05) is 11.8 Å². The molecule has 0 saturated heterocycles. The molecule has 1 atom stereocenters. The van der Waals surface area contributed by atoms with Crippen molar-refractivity contribution in [3.63, 3.8) is 0 Å². The summed E-state index contributed by atoms with van der Waals surface area (Å²) in [4.78, 5) is 2.57. The molecule has 0 aromatic carbocycles. The molecule has 18 heavy (non-hydrogen) atoms. The SMILES string of the molecule is CSCC(C)N(C)CC1(CNC(C)C)CCCC1. The summed E-state index contributed by atoms with van der Waals surface area (Å²) in [6.07, 6.45) is 7.86. The third-order valence-electron chi connectivity index (χ3n) is 4.29. The molecule has 0 spiro atoms. The molecule has 1 saturated carbocycles. The summed E-state index contributed by atoms with van der Waals surface area (Å²) >= 11 is 1.96. The van der Waals surface area contributed by atoms with Crippen LogP contribution in [-0.4, -0.2) is 49.1 Å². The lowest BCUT2D eigenvalue weighted by atomic mass is 9.85. The zero-order valence-corrected chi connectivity index (χ0v) is 13.8. The van der Waals surface area contributed by atoms with Crippen LogP contribution in [0.2, 0.25) is 0 Å². The van der Waals surface area contributed by atoms with Crippen LogP contribution in [0, 0.1) is 5.41 Å². The predicted octanol–water partition coefficient (Wildman–Crippen LogP) is 3.23. The Kier molecular flexibility index (Phi) is 7.04. The molecule has 0 amide bonds. The maximum atomic E-state index is 3.67. The number of hydrogen-bond acceptors (Lipinski definition) is 3. The van der Waals surface area contributed by atoms with Gasteiger partial charge in [-0.25, -0.2) is 0 Å². The van der Waals surface area contributed by atoms with E-state index < -0.39 is 0 Å². The first-order valence-electron chi connectivity index (χ1n) is 7.42. The normalized spacial score (nSPS) is 20.8. The van der Waals surface area contributed by atoms with Gasteiger partial charge in [-0.3, -0.25) is 0 Å². The van der Waals surface area contributed by atoms with E-state index >= 15 is 0 Å². The van der Waals surface area contributed by atoms with E-state index in [2.05, 4.69) is 44.3 Å². The highest BCUT2D eigenvalue weighted by molar-refractivity contribution is 7.98. The lowest BCUT2D eigenvalue weighted by molar-refractivity contribution is 0.147. The van der Waals surface area contributed by atoms with E-state index in [0.717, 1.165) is 0 Å². The van der Waals surface area contributed by atoms with Gasteiger partial charge in [0.2, 0.25) is 0 Å². The molecule has 3 heteroatoms. The lowest BCUT2D eigenvalue weighted by Crippen LogP contribution is -2.46. The van der Waals surface area contributed by atoms with E-state index in [9.17, 15) is 0 Å². The molecule has 0 bridgehead atoms. The quantitative estimate of drug-likeness (QED) is 0.730. The van der Waals surface area contributed by atoms with Crippen LogP contribution in [-0.2, 0) is 0 Å². The maximum Gasteiger partial charge on any atom is 0.0155 e. The number of nitrogens with one attached hydrogen (secondary N) is 1. The molecule has 1 aliphatic carbocycles. The monoisotopic (exact) mass is 272 g/mol. The van der Waals surface area contributed by atoms with Crippen molar-refractivity contribution in [3.8, 4) is 0 Å². The van der Waals surface area contributed by atoms with Gasteiger partial charge in [0, 0.05) is 30.9 Å². The Morgan fingerprint density at radius 2 is 1.83 bits per heavy atom. The van der Waals surface area contributed by atoms with Crippen LogP contribution in [0.1, 0.15) is 46.5 Å². The third kappa shape index (κ3) is 5.10. The molecule has 1 fully saturated rings. The smallest absolute Gasteiger partial charge is 0.0155 e. The fourth-order valence-electron chi connectivity index (χ4n) is 2.99. The Labute approximate surface area is 118 Å². The Morgan fingerprint density at radius 3 is 2.33 bits per heavy atom. The molecular weight excluding hydrogens is 240 g/mol. The zero-order chi connectivity index (χ0) is 13.6. The number of rotatable bonds is 8. The van der Waals surface area contributed by atoms with Gasteiger partial charge in [-0.05, 0) is 38.5 Å². The topological polar surface area (TPSA) is 15.3 Å². The molecule has 1 rings (SSSR count). The summed E-state index contributed by atoms with van der Waals surface area (Å²) in [5, 5.41) is 3.67. The van der Waals surface area contributed by atoms with Gasteiger partial charge in [-0.1, -0.05) is 26.7 Å². The van der Waals surface area contributed by atoms with Gasteiger partial charge in [0.25, 0.3) is 0 Å². The second kappa shape index (κ2) is 7.76. The Bertz CT molecular complexity index is 225. The van der Waals surface area contributed by atoms with Gasteiger partial charge >= 0.3 is 0 Å². The molecular formula is C15H32N2S. The number of hydrogen-bond donors (Lipinski definition) is 1. The fraction of sp³-hybridized carbons (Fsp3) is 1.00. The van der Waals surface area contributed by atoms with Crippen molar-refractivity contribution in [1.29, 1.82) is 0 Å². The molecule has 0 aliphatic heterocycles. The zero-order valence-electron chi connectivity index (χ0n) is 13.0. The first kappa shape index (κ1) is 16.3. The Morgan fingerprint density at radius 1 is 1.22 bits per heavy atom. The Balaban J connectivity index is 2.51. The molecule has 0 heterocycles. The van der Waals surface area contributed by atoms with Crippen LogP contribution in [0.3, 0.4) is 0 Å². The van der Waals surface area contributed by atoms with E-state index in [1.54, 1.807) is 0 Å². The maximum absolute atomic E-state index is 3.67. The second-order valence-corrected chi connectivity index (χ2v) is 7.37. The van der Waals surface area contributed by atoms with E-state index in [1.165, 1.54) is 44.5 Å². The van der Waals surface area contributed by atoms with E-state index in [4.69, 9.17) is 0 Å². The van der Waals surface area contributed by atoms with E-state index in [0.29, 0.717) is 17.5 Å². The average Bonchev–Trinajstić information content (AvgIpc) is 2.76. The first-order chi connectivity index (χ1) is 8.49. The number of thioether (sulfide) groups is 1. The highest BCUT2D eigenvalue weighted by Crippen LogP contribution is 2.38. The van der Waals surface area contributed by atoms with Crippen molar-refractivity contribution < 1.29 is 0 Å². The largest absolute Gasteiger partial charge is 0.314 e. The van der Waals surface area contributed by atoms with Crippen LogP contribution in [0.5, 0.6) is 0 Å². The Hall–Kier alpha value is 0.270. The molecule has 1 unspecified atom stereocenters. The van der Waals surface area contributed by atoms with Crippen molar-refractivity contribution >= 4 is 11.8 Å². The molecule has 0 aromatic rings. The van der Waals surface area contributed by atoms with Gasteiger partial charge in [0.15, 0.2) is 0 Å². The van der Waals surface area contributed by atoms with Gasteiger partial charge in [-0.2, -0.15) is 11.8 Å². The summed E-state index contributed by atoms with van der Waals surface area (Å²) in [5.41, 5.74) is 0.533. The van der Waals surface area contributed by atoms with Crippen LogP contribution in [0.25, 0.3) is 0 Å². The van der Waals surface area contributed by atoms with Crippen molar-refractivity contribution in [2.75, 3.05) is 32.1 Å². The predicted molar refractivity (Wildman–Crippen MR) is 84.5 cm³/mol. The van der Waals surface area contributed by atoms with Crippen LogP contribution < -0.4 is 5.32 Å².